The number of hydrogen-bond donors (Lipinski definition) is 2. The molecule has 0 fully saturated rings. The van der Waals surface area contributed by atoms with Crippen molar-refractivity contribution in [1.29, 1.82) is 0 Å². The average molecular weight is 257 g/mol. The van der Waals surface area contributed by atoms with Crippen molar-refractivity contribution >= 4 is 22.5 Å². The molecule has 0 spiro atoms. The van der Waals surface area contributed by atoms with Crippen LogP contribution in [0.1, 0.15) is 19.0 Å². The van der Waals surface area contributed by atoms with E-state index in [1.165, 1.54) is 0 Å². The van der Waals surface area contributed by atoms with Crippen LogP contribution in [0.2, 0.25) is 0 Å². The number of carbonyl (C=O) groups excluding carboxylic acids is 1. The Labute approximate surface area is 113 Å². The molecule has 0 aliphatic rings. The summed E-state index contributed by atoms with van der Waals surface area (Å²) in [6, 6.07) is 9.67. The first-order valence-corrected chi connectivity index (χ1v) is 6.53. The smallest absolute Gasteiger partial charge is 0.228 e. The van der Waals surface area contributed by atoms with E-state index in [9.17, 15) is 4.79 Å². The lowest BCUT2D eigenvalue weighted by atomic mass is 10.1. The van der Waals surface area contributed by atoms with E-state index in [2.05, 4.69) is 10.3 Å². The molecular formula is C15H19N3O. The Morgan fingerprint density at radius 3 is 2.84 bits per heavy atom. The number of rotatable bonds is 4. The third kappa shape index (κ3) is 2.90. The minimum Gasteiger partial charge on any atom is -0.330 e. The van der Waals surface area contributed by atoms with Gasteiger partial charge in [0.2, 0.25) is 5.91 Å². The zero-order valence-electron chi connectivity index (χ0n) is 11.3. The second kappa shape index (κ2) is 5.80. The summed E-state index contributed by atoms with van der Waals surface area (Å²) in [7, 11) is 0. The Hall–Kier alpha value is -1.94. The molecule has 1 aromatic carbocycles. The average Bonchev–Trinajstić information content (AvgIpc) is 2.40. The molecular weight excluding hydrogens is 238 g/mol. The van der Waals surface area contributed by atoms with Gasteiger partial charge in [-0.05, 0) is 25.5 Å². The van der Waals surface area contributed by atoms with Crippen LogP contribution in [0.15, 0.2) is 30.3 Å². The van der Waals surface area contributed by atoms with Crippen molar-refractivity contribution in [3.8, 4) is 0 Å². The van der Waals surface area contributed by atoms with Crippen LogP contribution in [0.25, 0.3) is 10.9 Å². The number of fused-ring (bicyclic) bond motifs is 1. The Kier molecular flexibility index (Phi) is 4.12. The second-order valence-corrected chi connectivity index (χ2v) is 4.66. The fourth-order valence-corrected chi connectivity index (χ4v) is 2.11. The molecule has 4 nitrogen and oxygen atoms in total. The maximum atomic E-state index is 12.1. The van der Waals surface area contributed by atoms with Gasteiger partial charge in [0.05, 0.1) is 17.1 Å². The van der Waals surface area contributed by atoms with Crippen LogP contribution in [0.3, 0.4) is 0 Å². The number of nitrogens with zero attached hydrogens (tertiary/aromatic N) is 1. The third-order valence-electron chi connectivity index (χ3n) is 3.25. The van der Waals surface area contributed by atoms with Gasteiger partial charge in [0.15, 0.2) is 0 Å². The predicted octanol–water partition coefficient (Wildman–Crippen LogP) is 2.47. The lowest BCUT2D eigenvalue weighted by molar-refractivity contribution is -0.119. The molecule has 0 radical (unpaired) electrons. The van der Waals surface area contributed by atoms with Crippen LogP contribution < -0.4 is 11.1 Å². The second-order valence-electron chi connectivity index (χ2n) is 4.66. The summed E-state index contributed by atoms with van der Waals surface area (Å²) in [5.41, 5.74) is 8.18. The van der Waals surface area contributed by atoms with Gasteiger partial charge >= 0.3 is 0 Å². The number of benzene rings is 1. The number of anilines is 1. The highest BCUT2D eigenvalue weighted by molar-refractivity contribution is 6.01. The Morgan fingerprint density at radius 2 is 2.16 bits per heavy atom. The van der Waals surface area contributed by atoms with Crippen molar-refractivity contribution in [2.24, 2.45) is 11.7 Å². The summed E-state index contributed by atoms with van der Waals surface area (Å²) in [4.78, 5) is 16.6. The summed E-state index contributed by atoms with van der Waals surface area (Å²) < 4.78 is 0. The molecule has 0 saturated carbocycles. The number of para-hydroxylation sites is 1. The van der Waals surface area contributed by atoms with E-state index in [-0.39, 0.29) is 11.8 Å². The van der Waals surface area contributed by atoms with Crippen molar-refractivity contribution in [2.75, 3.05) is 11.9 Å². The molecule has 1 aromatic heterocycles. The Morgan fingerprint density at radius 1 is 1.42 bits per heavy atom. The van der Waals surface area contributed by atoms with Crippen LogP contribution in [-0.4, -0.2) is 17.4 Å². The quantitative estimate of drug-likeness (QED) is 0.884. The summed E-state index contributed by atoms with van der Waals surface area (Å²) >= 11 is 0. The predicted molar refractivity (Wildman–Crippen MR) is 77.9 cm³/mol. The van der Waals surface area contributed by atoms with Gasteiger partial charge in [-0.3, -0.25) is 9.78 Å². The van der Waals surface area contributed by atoms with Crippen molar-refractivity contribution < 1.29 is 4.79 Å². The molecule has 0 bridgehead atoms. The number of hydrogen-bond acceptors (Lipinski definition) is 3. The van der Waals surface area contributed by atoms with E-state index in [0.29, 0.717) is 6.54 Å². The van der Waals surface area contributed by atoms with Crippen LogP contribution in [0, 0.1) is 12.8 Å². The Bertz CT molecular complexity index is 591. The highest BCUT2D eigenvalue weighted by atomic mass is 16.1. The van der Waals surface area contributed by atoms with Gasteiger partial charge in [-0.1, -0.05) is 25.1 Å². The van der Waals surface area contributed by atoms with Crippen LogP contribution in [0.4, 0.5) is 5.69 Å². The van der Waals surface area contributed by atoms with Crippen molar-refractivity contribution in [1.82, 2.24) is 4.98 Å². The highest BCUT2D eigenvalue weighted by Gasteiger charge is 2.15. The lowest BCUT2D eigenvalue weighted by Crippen LogP contribution is -2.28. The summed E-state index contributed by atoms with van der Waals surface area (Å²) in [6.07, 6.45) is 0.740. The van der Waals surface area contributed by atoms with Gasteiger partial charge in [-0.2, -0.15) is 0 Å². The van der Waals surface area contributed by atoms with E-state index < -0.39 is 0 Å². The SMILES string of the molecule is CCC(CN)C(=O)Nc1cc(C)nc2ccccc12. The molecule has 2 rings (SSSR count). The van der Waals surface area contributed by atoms with Crippen LogP contribution in [0.5, 0.6) is 0 Å². The van der Waals surface area contributed by atoms with Crippen LogP contribution in [-0.2, 0) is 4.79 Å². The molecule has 0 aliphatic heterocycles. The van der Waals surface area contributed by atoms with Gasteiger partial charge in [0, 0.05) is 17.6 Å². The summed E-state index contributed by atoms with van der Waals surface area (Å²) in [5.74, 6) is -0.173. The zero-order valence-corrected chi connectivity index (χ0v) is 11.3. The Balaban J connectivity index is 2.37. The fraction of sp³-hybridized carbons (Fsp3) is 0.333. The molecule has 2 aromatic rings. The van der Waals surface area contributed by atoms with Crippen molar-refractivity contribution in [3.63, 3.8) is 0 Å². The molecule has 1 amide bonds. The number of carbonyl (C=O) groups is 1. The highest BCUT2D eigenvalue weighted by Crippen LogP contribution is 2.23. The van der Waals surface area contributed by atoms with Crippen LogP contribution >= 0.6 is 0 Å². The van der Waals surface area contributed by atoms with E-state index in [1.54, 1.807) is 0 Å². The third-order valence-corrected chi connectivity index (χ3v) is 3.25. The number of nitrogens with two attached hydrogens (primary N) is 1. The molecule has 1 atom stereocenters. The topological polar surface area (TPSA) is 68.0 Å². The molecule has 1 heterocycles. The molecule has 3 N–H and O–H groups in total. The zero-order chi connectivity index (χ0) is 13.8. The maximum Gasteiger partial charge on any atom is 0.228 e. The van der Waals surface area contributed by atoms with Gasteiger partial charge in [0.1, 0.15) is 0 Å². The minimum absolute atomic E-state index is 0.0271. The molecule has 1 unspecified atom stereocenters. The van der Waals surface area contributed by atoms with E-state index in [0.717, 1.165) is 28.7 Å². The van der Waals surface area contributed by atoms with Gasteiger partial charge in [-0.15, -0.1) is 0 Å². The monoisotopic (exact) mass is 257 g/mol. The molecule has 0 saturated heterocycles. The molecule has 19 heavy (non-hydrogen) atoms. The largest absolute Gasteiger partial charge is 0.330 e. The standard InChI is InChI=1S/C15H19N3O/c1-3-11(9-16)15(19)18-14-8-10(2)17-13-7-5-4-6-12(13)14/h4-8,11H,3,9,16H2,1-2H3,(H,17,18,19). The number of aryl methyl sites for hydroxylation is 1. The van der Waals surface area contributed by atoms with Crippen molar-refractivity contribution in [2.45, 2.75) is 20.3 Å². The maximum absolute atomic E-state index is 12.1. The summed E-state index contributed by atoms with van der Waals surface area (Å²) in [5, 5.41) is 3.92. The number of pyridine rings is 1. The molecule has 0 aliphatic carbocycles. The summed E-state index contributed by atoms with van der Waals surface area (Å²) in [6.45, 7) is 4.25. The minimum atomic E-state index is -0.146. The van der Waals surface area contributed by atoms with E-state index >= 15 is 0 Å². The first-order chi connectivity index (χ1) is 9.15. The molecule has 100 valence electrons. The lowest BCUT2D eigenvalue weighted by Gasteiger charge is -2.14. The number of aromatic nitrogens is 1. The van der Waals surface area contributed by atoms with E-state index in [4.69, 9.17) is 5.73 Å². The normalized spacial score (nSPS) is 12.4. The van der Waals surface area contributed by atoms with Gasteiger partial charge in [-0.25, -0.2) is 0 Å². The number of amides is 1. The number of nitrogens with one attached hydrogen (secondary N) is 1. The fourth-order valence-electron chi connectivity index (χ4n) is 2.11. The molecule has 4 heteroatoms. The van der Waals surface area contributed by atoms with Crippen molar-refractivity contribution in [3.05, 3.63) is 36.0 Å². The van der Waals surface area contributed by atoms with Gasteiger partial charge in [0.25, 0.3) is 0 Å². The first-order valence-electron chi connectivity index (χ1n) is 6.53. The first kappa shape index (κ1) is 13.5. The van der Waals surface area contributed by atoms with Gasteiger partial charge < -0.3 is 11.1 Å². The van der Waals surface area contributed by atoms with E-state index in [1.807, 2.05) is 44.2 Å².